The Morgan fingerprint density at radius 3 is 2.15 bits per heavy atom. The Kier molecular flexibility index (Phi) is 11.0. The van der Waals surface area contributed by atoms with E-state index in [-0.39, 0.29) is 13.0 Å². The number of alkyl carbamates (subject to hydrolysis) is 1. The molecule has 0 unspecified atom stereocenters. The van der Waals surface area contributed by atoms with Crippen LogP contribution in [0.3, 0.4) is 0 Å². The van der Waals surface area contributed by atoms with Crippen LogP contribution in [0, 0.1) is 11.3 Å². The Morgan fingerprint density at radius 1 is 0.909 bits per heavy atom. The van der Waals surface area contributed by atoms with Gasteiger partial charge in [-0.3, -0.25) is 4.79 Å². The summed E-state index contributed by atoms with van der Waals surface area (Å²) in [7, 11) is 1.25. The minimum Gasteiger partial charge on any atom is -0.467 e. The summed E-state index contributed by atoms with van der Waals surface area (Å²) in [6, 6.07) is 18.6. The maximum Gasteiger partial charge on any atom is 0.408 e. The van der Waals surface area contributed by atoms with Crippen molar-refractivity contribution in [2.75, 3.05) is 7.11 Å². The summed E-state index contributed by atoms with van der Waals surface area (Å²) in [5.41, 5.74) is 1.66. The molecule has 0 aliphatic heterocycles. The van der Waals surface area contributed by atoms with Crippen LogP contribution in [-0.2, 0) is 32.1 Å². The first-order chi connectivity index (χ1) is 16.0. The van der Waals surface area contributed by atoms with Gasteiger partial charge in [-0.25, -0.2) is 9.59 Å². The fourth-order valence-electron chi connectivity index (χ4n) is 3.18. The second-order valence-electron chi connectivity index (χ2n) is 7.44. The molecule has 33 heavy (non-hydrogen) atoms. The molecule has 2 aromatic rings. The van der Waals surface area contributed by atoms with Crippen LogP contribution in [0.15, 0.2) is 60.7 Å². The number of esters is 1. The predicted octanol–water partition coefficient (Wildman–Crippen LogP) is 3.27. The van der Waals surface area contributed by atoms with Crippen molar-refractivity contribution in [2.24, 2.45) is 0 Å². The molecule has 2 N–H and O–H groups in total. The van der Waals surface area contributed by atoms with Crippen LogP contribution >= 0.6 is 0 Å². The number of unbranched alkanes of at least 4 members (excludes halogenated alkanes) is 2. The summed E-state index contributed by atoms with van der Waals surface area (Å²) < 4.78 is 10.1. The van der Waals surface area contributed by atoms with Crippen molar-refractivity contribution in [2.45, 2.75) is 50.8 Å². The lowest BCUT2D eigenvalue weighted by Gasteiger charge is -2.22. The number of methoxy groups -OCH3 is 1. The number of carbonyl (C=O) groups is 3. The lowest BCUT2D eigenvalue weighted by Crippen LogP contribution is -2.52. The second-order valence-corrected chi connectivity index (χ2v) is 7.44. The van der Waals surface area contributed by atoms with Gasteiger partial charge < -0.3 is 20.1 Å². The molecule has 0 bridgehead atoms. The van der Waals surface area contributed by atoms with E-state index < -0.39 is 30.1 Å². The van der Waals surface area contributed by atoms with Gasteiger partial charge in [0, 0.05) is 12.8 Å². The molecule has 0 aliphatic carbocycles. The minimum atomic E-state index is -0.957. The van der Waals surface area contributed by atoms with Gasteiger partial charge in [0.2, 0.25) is 5.91 Å². The first kappa shape index (κ1) is 25.4. The van der Waals surface area contributed by atoms with Gasteiger partial charge in [0.25, 0.3) is 0 Å². The van der Waals surface area contributed by atoms with Crippen molar-refractivity contribution in [3.05, 3.63) is 71.8 Å². The van der Waals surface area contributed by atoms with Gasteiger partial charge in [-0.15, -0.1) is 0 Å². The van der Waals surface area contributed by atoms with Gasteiger partial charge in [-0.2, -0.15) is 5.26 Å². The van der Waals surface area contributed by atoms with Crippen LogP contribution in [0.2, 0.25) is 0 Å². The van der Waals surface area contributed by atoms with Crippen molar-refractivity contribution in [3.8, 4) is 6.07 Å². The van der Waals surface area contributed by atoms with E-state index in [1.807, 2.05) is 60.7 Å². The molecule has 0 saturated carbocycles. The molecule has 0 spiro atoms. The topological polar surface area (TPSA) is 118 Å². The number of benzene rings is 2. The van der Waals surface area contributed by atoms with Crippen molar-refractivity contribution in [3.63, 3.8) is 0 Å². The van der Waals surface area contributed by atoms with E-state index in [9.17, 15) is 14.4 Å². The predicted molar refractivity (Wildman–Crippen MR) is 122 cm³/mol. The summed E-state index contributed by atoms with van der Waals surface area (Å²) >= 11 is 0. The van der Waals surface area contributed by atoms with Gasteiger partial charge in [0.15, 0.2) is 0 Å². The molecular formula is C25H29N3O5. The molecule has 0 fully saturated rings. The molecular weight excluding hydrogens is 422 g/mol. The zero-order chi connectivity index (χ0) is 23.9. The number of nitriles is 1. The lowest BCUT2D eigenvalue weighted by atomic mass is 10.0. The van der Waals surface area contributed by atoms with Crippen LogP contribution in [-0.4, -0.2) is 37.2 Å². The molecule has 0 saturated heterocycles. The van der Waals surface area contributed by atoms with E-state index in [4.69, 9.17) is 14.7 Å². The molecule has 2 rings (SSSR count). The van der Waals surface area contributed by atoms with Gasteiger partial charge in [-0.1, -0.05) is 60.7 Å². The van der Waals surface area contributed by atoms with E-state index in [1.54, 1.807) is 0 Å². The van der Waals surface area contributed by atoms with Crippen LogP contribution in [0.1, 0.15) is 36.8 Å². The zero-order valence-corrected chi connectivity index (χ0v) is 18.7. The van der Waals surface area contributed by atoms with E-state index in [0.717, 1.165) is 11.1 Å². The van der Waals surface area contributed by atoms with E-state index in [1.165, 1.54) is 7.11 Å². The van der Waals surface area contributed by atoms with E-state index in [2.05, 4.69) is 16.7 Å². The SMILES string of the molecule is COC(=O)[C@H](CCCCC#N)NC(=O)[C@@H](Cc1ccccc1)NC(=O)OCc1ccccc1. The van der Waals surface area contributed by atoms with Crippen molar-refractivity contribution in [1.82, 2.24) is 10.6 Å². The Morgan fingerprint density at radius 2 is 1.55 bits per heavy atom. The van der Waals surface area contributed by atoms with Gasteiger partial charge in [-0.05, 0) is 30.4 Å². The average molecular weight is 452 g/mol. The van der Waals surface area contributed by atoms with Crippen LogP contribution in [0.4, 0.5) is 4.79 Å². The molecule has 2 amide bonds. The molecule has 0 aliphatic rings. The Labute approximate surface area is 193 Å². The summed E-state index contributed by atoms with van der Waals surface area (Å²) in [6.07, 6.45) is 1.36. The second kappa shape index (κ2) is 14.2. The largest absolute Gasteiger partial charge is 0.467 e. The number of hydrogen-bond acceptors (Lipinski definition) is 6. The third-order valence-corrected chi connectivity index (χ3v) is 4.94. The Balaban J connectivity index is 2.05. The molecule has 2 atom stereocenters. The Hall–Kier alpha value is -3.86. The fourth-order valence-corrected chi connectivity index (χ4v) is 3.18. The third kappa shape index (κ3) is 9.44. The van der Waals surface area contributed by atoms with Crippen molar-refractivity contribution < 1.29 is 23.9 Å². The number of amides is 2. The summed E-state index contributed by atoms with van der Waals surface area (Å²) in [5.74, 6) is -1.10. The number of nitrogens with one attached hydrogen (secondary N) is 2. The third-order valence-electron chi connectivity index (χ3n) is 4.94. The molecule has 8 heteroatoms. The zero-order valence-electron chi connectivity index (χ0n) is 18.7. The quantitative estimate of drug-likeness (QED) is 0.378. The highest BCUT2D eigenvalue weighted by Gasteiger charge is 2.27. The number of rotatable bonds is 12. The van der Waals surface area contributed by atoms with E-state index in [0.29, 0.717) is 25.7 Å². The molecule has 0 aromatic heterocycles. The standard InChI is InChI=1S/C25H29N3O5/c1-32-24(30)21(15-9-4-10-16-26)27-23(29)22(17-19-11-5-2-6-12-19)28-25(31)33-18-20-13-7-3-8-14-20/h2-3,5-8,11-14,21-22H,4,9-10,15,17-18H2,1H3,(H,27,29)(H,28,31)/t21-,22+/m0/s1. The van der Waals surface area contributed by atoms with Crippen LogP contribution < -0.4 is 10.6 Å². The normalized spacial score (nSPS) is 12.0. The summed E-state index contributed by atoms with van der Waals surface area (Å²) in [5, 5.41) is 14.0. The minimum absolute atomic E-state index is 0.0655. The number of carbonyl (C=O) groups excluding carboxylic acids is 3. The number of ether oxygens (including phenoxy) is 2. The molecule has 2 aromatic carbocycles. The molecule has 0 radical (unpaired) electrons. The van der Waals surface area contributed by atoms with Crippen LogP contribution in [0.25, 0.3) is 0 Å². The molecule has 174 valence electrons. The average Bonchev–Trinajstić information content (AvgIpc) is 2.85. The molecule has 0 heterocycles. The highest BCUT2D eigenvalue weighted by molar-refractivity contribution is 5.89. The fraction of sp³-hybridized carbons (Fsp3) is 0.360. The maximum absolute atomic E-state index is 13.0. The number of nitrogens with zero attached hydrogens (tertiary/aromatic N) is 1. The van der Waals surface area contributed by atoms with Crippen LogP contribution in [0.5, 0.6) is 0 Å². The highest BCUT2D eigenvalue weighted by Crippen LogP contribution is 2.09. The van der Waals surface area contributed by atoms with Gasteiger partial charge in [0.05, 0.1) is 13.2 Å². The van der Waals surface area contributed by atoms with E-state index >= 15 is 0 Å². The first-order valence-corrected chi connectivity index (χ1v) is 10.8. The highest BCUT2D eigenvalue weighted by atomic mass is 16.5. The molecule has 8 nitrogen and oxygen atoms in total. The lowest BCUT2D eigenvalue weighted by molar-refractivity contribution is -0.145. The van der Waals surface area contributed by atoms with Gasteiger partial charge >= 0.3 is 12.1 Å². The van der Waals surface area contributed by atoms with Crippen molar-refractivity contribution >= 4 is 18.0 Å². The first-order valence-electron chi connectivity index (χ1n) is 10.8. The van der Waals surface area contributed by atoms with Crippen molar-refractivity contribution in [1.29, 1.82) is 5.26 Å². The summed E-state index contributed by atoms with van der Waals surface area (Å²) in [6.45, 7) is 0.0655. The maximum atomic E-state index is 13.0. The summed E-state index contributed by atoms with van der Waals surface area (Å²) in [4.78, 5) is 37.6. The van der Waals surface area contributed by atoms with Gasteiger partial charge in [0.1, 0.15) is 18.7 Å². The smallest absolute Gasteiger partial charge is 0.408 e. The number of hydrogen-bond donors (Lipinski definition) is 2. The Bertz CT molecular complexity index is 928. The monoisotopic (exact) mass is 451 g/mol.